The molecule has 26 heavy (non-hydrogen) atoms. The van der Waals surface area contributed by atoms with E-state index in [9.17, 15) is 9.90 Å². The molecule has 1 unspecified atom stereocenters. The molecule has 0 fully saturated rings. The highest BCUT2D eigenvalue weighted by Gasteiger charge is 2.25. The predicted molar refractivity (Wildman–Crippen MR) is 109 cm³/mol. The average molecular weight is 365 g/mol. The first-order chi connectivity index (χ1) is 12.6. The maximum Gasteiger partial charge on any atom is 0.335 e. The van der Waals surface area contributed by atoms with E-state index in [4.69, 9.17) is 5.11 Å². The van der Waals surface area contributed by atoms with Gasteiger partial charge in [-0.2, -0.15) is 0 Å². The van der Waals surface area contributed by atoms with Crippen LogP contribution in [0.5, 0.6) is 0 Å². The van der Waals surface area contributed by atoms with Gasteiger partial charge in [-0.3, -0.25) is 0 Å². The van der Waals surface area contributed by atoms with Gasteiger partial charge in [-0.1, -0.05) is 109 Å². The lowest BCUT2D eigenvalue weighted by molar-refractivity contribution is -0.132. The van der Waals surface area contributed by atoms with E-state index in [-0.39, 0.29) is 5.57 Å². The Morgan fingerprint density at radius 3 is 1.73 bits per heavy atom. The van der Waals surface area contributed by atoms with Crippen LogP contribution in [0.2, 0.25) is 0 Å². The average Bonchev–Trinajstić information content (AvgIpc) is 2.62. The van der Waals surface area contributed by atoms with E-state index >= 15 is 0 Å². The third kappa shape index (κ3) is 10.8. The second-order valence-corrected chi connectivity index (χ2v) is 7.95. The molecule has 1 aliphatic rings. The number of hydrogen-bond acceptors (Lipinski definition) is 2. The number of carboxylic acids is 1. The van der Waals surface area contributed by atoms with Crippen molar-refractivity contribution in [1.82, 2.24) is 0 Å². The van der Waals surface area contributed by atoms with E-state index in [0.717, 1.165) is 19.3 Å². The number of hydrogen-bond donors (Lipinski definition) is 2. The van der Waals surface area contributed by atoms with Crippen LogP contribution in [0.25, 0.3) is 0 Å². The van der Waals surface area contributed by atoms with Gasteiger partial charge in [0.1, 0.15) is 0 Å². The minimum Gasteiger partial charge on any atom is -0.478 e. The molecule has 0 amide bonds. The monoisotopic (exact) mass is 364 g/mol. The molecule has 0 aliphatic heterocycles. The molecule has 1 atom stereocenters. The van der Waals surface area contributed by atoms with Gasteiger partial charge in [-0.15, -0.1) is 0 Å². The van der Waals surface area contributed by atoms with E-state index in [1.165, 1.54) is 83.1 Å². The summed E-state index contributed by atoms with van der Waals surface area (Å²) in [5, 5.41) is 19.4. The van der Waals surface area contributed by atoms with Crippen LogP contribution in [0.3, 0.4) is 0 Å². The summed E-state index contributed by atoms with van der Waals surface area (Å²) in [6.07, 6.45) is 24.6. The van der Waals surface area contributed by atoms with E-state index in [2.05, 4.69) is 6.92 Å². The Morgan fingerprint density at radius 2 is 1.35 bits per heavy atom. The number of aliphatic carboxylic acids is 1. The van der Waals surface area contributed by atoms with Crippen LogP contribution in [0, 0.1) is 0 Å². The molecule has 0 saturated heterocycles. The highest BCUT2D eigenvalue weighted by molar-refractivity contribution is 5.90. The fourth-order valence-electron chi connectivity index (χ4n) is 3.64. The first-order valence-corrected chi connectivity index (χ1v) is 10.9. The van der Waals surface area contributed by atoms with E-state index in [0.29, 0.717) is 6.42 Å². The molecule has 3 heteroatoms. The summed E-state index contributed by atoms with van der Waals surface area (Å²) < 4.78 is 0. The van der Waals surface area contributed by atoms with Crippen molar-refractivity contribution in [3.63, 3.8) is 0 Å². The quantitative estimate of drug-likeness (QED) is 0.305. The zero-order valence-corrected chi connectivity index (χ0v) is 16.8. The zero-order valence-electron chi connectivity index (χ0n) is 16.8. The van der Waals surface area contributed by atoms with E-state index in [1.54, 1.807) is 12.2 Å². The molecule has 0 spiro atoms. The van der Waals surface area contributed by atoms with Gasteiger partial charge in [0.05, 0.1) is 11.2 Å². The van der Waals surface area contributed by atoms with Gasteiger partial charge >= 0.3 is 5.97 Å². The van der Waals surface area contributed by atoms with Gasteiger partial charge in [-0.05, 0) is 18.9 Å². The van der Waals surface area contributed by atoms with Crippen LogP contribution in [-0.2, 0) is 4.79 Å². The van der Waals surface area contributed by atoms with Gasteiger partial charge in [0.2, 0.25) is 0 Å². The molecule has 0 aromatic rings. The first-order valence-electron chi connectivity index (χ1n) is 10.9. The lowest BCUT2D eigenvalue weighted by Crippen LogP contribution is -2.27. The van der Waals surface area contributed by atoms with Crippen LogP contribution in [0.15, 0.2) is 23.8 Å². The smallest absolute Gasteiger partial charge is 0.335 e. The number of carbonyl (C=O) groups is 1. The summed E-state index contributed by atoms with van der Waals surface area (Å²) in [4.78, 5) is 10.9. The third-order valence-corrected chi connectivity index (χ3v) is 5.46. The molecular weight excluding hydrogens is 324 g/mol. The van der Waals surface area contributed by atoms with Crippen LogP contribution < -0.4 is 0 Å². The molecule has 2 N–H and O–H groups in total. The second kappa shape index (κ2) is 14.0. The molecule has 0 heterocycles. The van der Waals surface area contributed by atoms with Crippen molar-refractivity contribution in [2.75, 3.05) is 0 Å². The lowest BCUT2D eigenvalue weighted by atomic mass is 9.87. The Kier molecular flexibility index (Phi) is 12.4. The zero-order chi connectivity index (χ0) is 19.1. The van der Waals surface area contributed by atoms with Crippen molar-refractivity contribution in [1.29, 1.82) is 0 Å². The van der Waals surface area contributed by atoms with E-state index in [1.807, 2.05) is 0 Å². The van der Waals surface area contributed by atoms with Crippen molar-refractivity contribution in [2.45, 2.75) is 115 Å². The molecular formula is C23H40O3. The number of rotatable bonds is 16. The number of aliphatic hydroxyl groups is 1. The molecule has 0 saturated carbocycles. The third-order valence-electron chi connectivity index (χ3n) is 5.46. The number of carboxylic acid groups (broad SMARTS) is 1. The minimum absolute atomic E-state index is 0.288. The van der Waals surface area contributed by atoms with Crippen molar-refractivity contribution in [3.05, 3.63) is 23.8 Å². The first kappa shape index (κ1) is 23.0. The van der Waals surface area contributed by atoms with Gasteiger partial charge in [0, 0.05) is 0 Å². The van der Waals surface area contributed by atoms with Crippen molar-refractivity contribution in [2.24, 2.45) is 0 Å². The minimum atomic E-state index is -0.917. The molecule has 3 nitrogen and oxygen atoms in total. The molecule has 0 aromatic carbocycles. The molecule has 1 aliphatic carbocycles. The van der Waals surface area contributed by atoms with Crippen LogP contribution >= 0.6 is 0 Å². The molecule has 0 radical (unpaired) electrons. The second-order valence-electron chi connectivity index (χ2n) is 7.95. The molecule has 1 rings (SSSR count). The summed E-state index contributed by atoms with van der Waals surface area (Å²) in [5.74, 6) is -0.917. The van der Waals surface area contributed by atoms with Gasteiger partial charge in [-0.25, -0.2) is 4.79 Å². The normalized spacial score (nSPS) is 19.5. The largest absolute Gasteiger partial charge is 0.478 e. The highest BCUT2D eigenvalue weighted by Crippen LogP contribution is 2.27. The SMILES string of the molecule is CCCCCCCCCCCCCCCCC1(O)C=CC(C(=O)O)=CC1. The summed E-state index contributed by atoms with van der Waals surface area (Å²) in [6, 6.07) is 0. The predicted octanol–water partition coefficient (Wildman–Crippen LogP) is 6.56. The maximum absolute atomic E-state index is 10.9. The summed E-state index contributed by atoms with van der Waals surface area (Å²) >= 11 is 0. The Balaban J connectivity index is 1.88. The Labute approximate surface area is 160 Å². The standard InChI is InChI=1S/C23H40O3/c1-2-3-4-5-6-7-8-9-10-11-12-13-14-15-18-23(26)19-16-21(17-20-23)22(24)25/h16-17,19,26H,2-15,18,20H2,1H3,(H,24,25). The van der Waals surface area contributed by atoms with Gasteiger partial charge in [0.25, 0.3) is 0 Å². The molecule has 0 aromatic heterocycles. The molecule has 0 bridgehead atoms. The summed E-state index contributed by atoms with van der Waals surface area (Å²) in [7, 11) is 0. The topological polar surface area (TPSA) is 57.5 Å². The molecule has 150 valence electrons. The lowest BCUT2D eigenvalue weighted by Gasteiger charge is -2.26. The maximum atomic E-state index is 10.9. The van der Waals surface area contributed by atoms with Gasteiger partial charge < -0.3 is 10.2 Å². The Morgan fingerprint density at radius 1 is 0.885 bits per heavy atom. The van der Waals surface area contributed by atoms with Gasteiger partial charge in [0.15, 0.2) is 0 Å². The highest BCUT2D eigenvalue weighted by atomic mass is 16.4. The Bertz CT molecular complexity index is 439. The van der Waals surface area contributed by atoms with Crippen LogP contribution in [0.1, 0.15) is 110 Å². The van der Waals surface area contributed by atoms with Crippen LogP contribution in [0.4, 0.5) is 0 Å². The fourth-order valence-corrected chi connectivity index (χ4v) is 3.64. The van der Waals surface area contributed by atoms with Crippen molar-refractivity contribution in [3.8, 4) is 0 Å². The Hall–Kier alpha value is -1.09. The number of unbranched alkanes of at least 4 members (excludes halogenated alkanes) is 13. The van der Waals surface area contributed by atoms with Crippen molar-refractivity contribution < 1.29 is 15.0 Å². The van der Waals surface area contributed by atoms with E-state index < -0.39 is 11.6 Å². The summed E-state index contributed by atoms with van der Waals surface area (Å²) in [5.41, 5.74) is -0.550. The van der Waals surface area contributed by atoms with Crippen LogP contribution in [-0.4, -0.2) is 21.8 Å². The van der Waals surface area contributed by atoms with Crippen molar-refractivity contribution >= 4 is 5.97 Å². The summed E-state index contributed by atoms with van der Waals surface area (Å²) in [6.45, 7) is 2.27. The fraction of sp³-hybridized carbons (Fsp3) is 0.783.